The molecule has 2 aromatic carbocycles. The smallest absolute Gasteiger partial charge is 0.183 e. The van der Waals surface area contributed by atoms with Crippen LogP contribution in [0.4, 0.5) is 0 Å². The maximum absolute atomic E-state index is 13.0. The van der Waals surface area contributed by atoms with E-state index < -0.39 is 31.0 Å². The van der Waals surface area contributed by atoms with E-state index in [1.165, 1.54) is 0 Å². The van der Waals surface area contributed by atoms with Gasteiger partial charge in [-0.1, -0.05) is 41.4 Å². The average Bonchev–Trinajstić information content (AvgIpc) is 2.92. The lowest BCUT2D eigenvalue weighted by molar-refractivity contribution is 0.528. The number of halogens is 1. The molecule has 8 heteroatoms. The van der Waals surface area contributed by atoms with Crippen molar-refractivity contribution in [3.8, 4) is 0 Å². The van der Waals surface area contributed by atoms with Crippen LogP contribution in [0.25, 0.3) is 0 Å². The normalized spacial score (nSPS) is 22.0. The first-order valence-corrected chi connectivity index (χ1v) is 12.4. The summed E-state index contributed by atoms with van der Waals surface area (Å²) in [5, 5.41) is 2.82. The molecule has 2 aromatic rings. The first-order chi connectivity index (χ1) is 12.7. The van der Waals surface area contributed by atoms with Crippen LogP contribution in [0.15, 0.2) is 53.4 Å². The van der Waals surface area contributed by atoms with Gasteiger partial charge < -0.3 is 5.32 Å². The maximum Gasteiger partial charge on any atom is 0.183 e. The van der Waals surface area contributed by atoms with Crippen LogP contribution < -0.4 is 5.32 Å². The molecule has 0 spiro atoms. The van der Waals surface area contributed by atoms with Gasteiger partial charge in [-0.3, -0.25) is 0 Å². The Bertz CT molecular complexity index is 1000. The van der Waals surface area contributed by atoms with Crippen LogP contribution in [0.5, 0.6) is 0 Å². The van der Waals surface area contributed by atoms with Crippen molar-refractivity contribution in [2.45, 2.75) is 29.5 Å². The Labute approximate surface area is 165 Å². The molecule has 0 radical (unpaired) electrons. The number of nitrogens with one attached hydrogen (secondary N) is 1. The Morgan fingerprint density at radius 3 is 2.30 bits per heavy atom. The van der Waals surface area contributed by atoms with Gasteiger partial charge in [0.2, 0.25) is 0 Å². The second-order valence-corrected chi connectivity index (χ2v) is 11.7. The summed E-state index contributed by atoms with van der Waals surface area (Å²) in [6.45, 7) is 2.36. The summed E-state index contributed by atoms with van der Waals surface area (Å²) in [7, 11) is -7.14. The maximum atomic E-state index is 13.0. The van der Waals surface area contributed by atoms with Crippen LogP contribution in [0.2, 0.25) is 5.02 Å². The fraction of sp³-hybridized carbons (Fsp3) is 0.368. The largest absolute Gasteiger partial charge is 0.311 e. The molecule has 0 bridgehead atoms. The Morgan fingerprint density at radius 2 is 1.67 bits per heavy atom. The van der Waals surface area contributed by atoms with Crippen molar-refractivity contribution in [1.82, 2.24) is 5.32 Å². The van der Waals surface area contributed by atoms with Crippen LogP contribution in [-0.4, -0.2) is 46.2 Å². The summed E-state index contributed by atoms with van der Waals surface area (Å²) in [6.07, 6.45) is 0.658. The van der Waals surface area contributed by atoms with Gasteiger partial charge in [-0.15, -0.1) is 0 Å². The lowest BCUT2D eigenvalue weighted by Gasteiger charge is -2.20. The third-order valence-electron chi connectivity index (χ3n) is 4.78. The van der Waals surface area contributed by atoms with Crippen molar-refractivity contribution < 1.29 is 16.8 Å². The number of rotatable bonds is 6. The molecule has 1 aliphatic rings. The Hall–Kier alpha value is -1.41. The second-order valence-electron chi connectivity index (χ2n) is 6.91. The van der Waals surface area contributed by atoms with Crippen molar-refractivity contribution in [2.75, 3.05) is 18.1 Å². The Morgan fingerprint density at radius 1 is 1.04 bits per heavy atom. The first-order valence-electron chi connectivity index (χ1n) is 8.66. The molecule has 3 rings (SSSR count). The number of hydrogen-bond donors (Lipinski definition) is 1. The van der Waals surface area contributed by atoms with Crippen molar-refractivity contribution in [1.29, 1.82) is 0 Å². The third kappa shape index (κ3) is 4.90. The summed E-state index contributed by atoms with van der Waals surface area (Å²) in [4.78, 5) is 0.166. The van der Waals surface area contributed by atoms with Crippen LogP contribution in [0.3, 0.4) is 0 Å². The molecule has 0 aromatic heterocycles. The molecule has 5 nitrogen and oxygen atoms in total. The molecular formula is C19H22ClNO4S2. The average molecular weight is 428 g/mol. The highest BCUT2D eigenvalue weighted by atomic mass is 35.5. The lowest BCUT2D eigenvalue weighted by Crippen LogP contribution is -2.44. The summed E-state index contributed by atoms with van der Waals surface area (Å²) in [6, 6.07) is 13.3. The predicted molar refractivity (Wildman–Crippen MR) is 108 cm³/mol. The van der Waals surface area contributed by atoms with E-state index in [1.807, 2.05) is 19.1 Å². The fourth-order valence-corrected chi connectivity index (χ4v) is 8.11. The van der Waals surface area contributed by atoms with Gasteiger partial charge in [0.15, 0.2) is 19.7 Å². The van der Waals surface area contributed by atoms with Gasteiger partial charge in [0.25, 0.3) is 0 Å². The number of aryl methyl sites for hydroxylation is 1. The van der Waals surface area contributed by atoms with E-state index in [0.29, 0.717) is 18.0 Å². The fourth-order valence-electron chi connectivity index (χ4n) is 3.27. The molecule has 1 saturated heterocycles. The van der Waals surface area contributed by atoms with Gasteiger partial charge in [-0.05, 0) is 49.7 Å². The van der Waals surface area contributed by atoms with Gasteiger partial charge >= 0.3 is 0 Å². The zero-order chi connectivity index (χ0) is 19.7. The van der Waals surface area contributed by atoms with E-state index in [4.69, 9.17) is 11.6 Å². The molecule has 1 aliphatic heterocycles. The van der Waals surface area contributed by atoms with Crippen LogP contribution in [0, 0.1) is 6.92 Å². The first kappa shape index (κ1) is 20.3. The van der Waals surface area contributed by atoms with Gasteiger partial charge in [-0.25, -0.2) is 16.8 Å². The van der Waals surface area contributed by atoms with Gasteiger partial charge in [0.05, 0.1) is 21.7 Å². The predicted octanol–water partition coefficient (Wildman–Crippen LogP) is 2.42. The highest BCUT2D eigenvalue weighted by Crippen LogP contribution is 2.26. The minimum Gasteiger partial charge on any atom is -0.311 e. The molecule has 0 unspecified atom stereocenters. The molecule has 0 amide bonds. The standard InChI is InChI=1S/C19H22ClNO4S2/c1-14-2-8-17(9-3-14)27(24,25)19-13-26(22,23)12-18(19)21-11-10-15-4-6-16(20)7-5-15/h2-9,18-19,21H,10-13H2,1H3/t18-,19-/m0/s1. The molecular weight excluding hydrogens is 406 g/mol. The molecule has 1 heterocycles. The molecule has 27 heavy (non-hydrogen) atoms. The van der Waals surface area contributed by atoms with Crippen LogP contribution >= 0.6 is 11.6 Å². The topological polar surface area (TPSA) is 80.3 Å². The molecule has 0 aliphatic carbocycles. The minimum absolute atomic E-state index is 0.163. The van der Waals surface area contributed by atoms with E-state index in [9.17, 15) is 16.8 Å². The Balaban J connectivity index is 1.74. The second kappa shape index (κ2) is 7.91. The van der Waals surface area contributed by atoms with Crippen molar-refractivity contribution >= 4 is 31.3 Å². The highest BCUT2D eigenvalue weighted by molar-refractivity contribution is 7.96. The van der Waals surface area contributed by atoms with Gasteiger partial charge in [0, 0.05) is 11.1 Å². The van der Waals surface area contributed by atoms with Crippen LogP contribution in [-0.2, 0) is 26.1 Å². The highest BCUT2D eigenvalue weighted by Gasteiger charge is 2.45. The summed E-state index contributed by atoms with van der Waals surface area (Å²) in [5.74, 6) is -0.509. The van der Waals surface area contributed by atoms with E-state index in [0.717, 1.165) is 11.1 Å². The molecule has 1 N–H and O–H groups in total. The SMILES string of the molecule is Cc1ccc(S(=O)(=O)[C@H]2CS(=O)(=O)C[C@@H]2NCCc2ccc(Cl)cc2)cc1. The monoisotopic (exact) mass is 427 g/mol. The molecule has 146 valence electrons. The lowest BCUT2D eigenvalue weighted by atomic mass is 10.1. The number of sulfone groups is 2. The molecule has 1 fully saturated rings. The minimum atomic E-state index is -3.74. The van der Waals surface area contributed by atoms with E-state index in [-0.39, 0.29) is 16.4 Å². The van der Waals surface area contributed by atoms with E-state index in [1.54, 1.807) is 36.4 Å². The number of benzene rings is 2. The van der Waals surface area contributed by atoms with Crippen LogP contribution in [0.1, 0.15) is 11.1 Å². The van der Waals surface area contributed by atoms with E-state index in [2.05, 4.69) is 5.32 Å². The number of hydrogen-bond acceptors (Lipinski definition) is 5. The van der Waals surface area contributed by atoms with E-state index >= 15 is 0 Å². The molecule has 2 atom stereocenters. The van der Waals surface area contributed by atoms with Gasteiger partial charge in [-0.2, -0.15) is 0 Å². The van der Waals surface area contributed by atoms with Crippen molar-refractivity contribution in [2.24, 2.45) is 0 Å². The summed E-state index contributed by atoms with van der Waals surface area (Å²) < 4.78 is 50.3. The van der Waals surface area contributed by atoms with Gasteiger partial charge in [0.1, 0.15) is 0 Å². The zero-order valence-corrected chi connectivity index (χ0v) is 17.3. The summed E-state index contributed by atoms with van der Waals surface area (Å²) in [5.41, 5.74) is 2.00. The van der Waals surface area contributed by atoms with Crippen molar-refractivity contribution in [3.05, 3.63) is 64.7 Å². The third-order valence-corrected chi connectivity index (χ3v) is 9.20. The quantitative estimate of drug-likeness (QED) is 0.765. The zero-order valence-electron chi connectivity index (χ0n) is 14.9. The Kier molecular flexibility index (Phi) is 5.96. The van der Waals surface area contributed by atoms with Crippen molar-refractivity contribution in [3.63, 3.8) is 0 Å². The molecule has 0 saturated carbocycles. The summed E-state index contributed by atoms with van der Waals surface area (Å²) >= 11 is 5.87.